The summed E-state index contributed by atoms with van der Waals surface area (Å²) in [4.78, 5) is 27.6. The third-order valence-electron chi connectivity index (χ3n) is 5.24. The molecule has 0 aliphatic heterocycles. The minimum atomic E-state index is -3.51. The van der Waals surface area contributed by atoms with Crippen molar-refractivity contribution >= 4 is 21.8 Å². The van der Waals surface area contributed by atoms with Crippen LogP contribution in [0.15, 0.2) is 59.5 Å². The van der Waals surface area contributed by atoms with E-state index in [0.717, 1.165) is 11.1 Å². The summed E-state index contributed by atoms with van der Waals surface area (Å²) < 4.78 is 26.7. The maximum Gasteiger partial charge on any atom is 0.242 e. The monoisotopic (exact) mass is 473 g/mol. The molecule has 0 aromatic heterocycles. The van der Waals surface area contributed by atoms with Gasteiger partial charge in [-0.15, -0.1) is 0 Å². The molecule has 0 unspecified atom stereocenters. The SMILES string of the molecule is CCNS(=O)(=O)c1ccc(CCC(=O)N(Cc2ccccc2)[C@@H](C)C(=O)NCC(C)C)cc1. The van der Waals surface area contributed by atoms with Crippen LogP contribution in [0.1, 0.15) is 45.2 Å². The minimum Gasteiger partial charge on any atom is -0.354 e. The van der Waals surface area contributed by atoms with Gasteiger partial charge in [-0.25, -0.2) is 13.1 Å². The molecule has 2 amide bonds. The van der Waals surface area contributed by atoms with E-state index in [-0.39, 0.29) is 23.1 Å². The third-order valence-corrected chi connectivity index (χ3v) is 6.80. The maximum absolute atomic E-state index is 13.2. The number of nitrogens with one attached hydrogen (secondary N) is 2. The minimum absolute atomic E-state index is 0.129. The summed E-state index contributed by atoms with van der Waals surface area (Å²) in [5, 5.41) is 2.91. The van der Waals surface area contributed by atoms with Crippen molar-refractivity contribution in [2.45, 2.75) is 58.0 Å². The number of nitrogens with zero attached hydrogens (tertiary/aromatic N) is 1. The van der Waals surface area contributed by atoms with E-state index in [1.54, 1.807) is 43.0 Å². The summed E-state index contributed by atoms with van der Waals surface area (Å²) in [6.07, 6.45) is 0.667. The zero-order chi connectivity index (χ0) is 24.4. The van der Waals surface area contributed by atoms with Crippen LogP contribution in [0.4, 0.5) is 0 Å². The fourth-order valence-corrected chi connectivity index (χ4v) is 4.36. The fourth-order valence-electron chi connectivity index (χ4n) is 3.32. The molecule has 0 spiro atoms. The van der Waals surface area contributed by atoms with E-state index in [2.05, 4.69) is 10.0 Å². The van der Waals surface area contributed by atoms with Gasteiger partial charge in [0, 0.05) is 26.1 Å². The van der Waals surface area contributed by atoms with Crippen molar-refractivity contribution in [2.24, 2.45) is 5.92 Å². The Morgan fingerprint density at radius 3 is 2.15 bits per heavy atom. The fraction of sp³-hybridized carbons (Fsp3) is 0.440. The quantitative estimate of drug-likeness (QED) is 0.495. The molecule has 2 aromatic rings. The summed E-state index contributed by atoms with van der Waals surface area (Å²) in [5.74, 6) is 0.0140. The van der Waals surface area contributed by atoms with Crippen LogP contribution in [-0.4, -0.2) is 44.3 Å². The standard InChI is InChI=1S/C25H35N3O4S/c1-5-27-33(31,32)23-14-11-21(12-15-23)13-16-24(29)28(18-22-9-7-6-8-10-22)20(4)25(30)26-17-19(2)3/h6-12,14-15,19-20,27H,5,13,16-18H2,1-4H3,(H,26,30)/t20-/m0/s1. The van der Waals surface area contributed by atoms with Gasteiger partial charge in [-0.05, 0) is 42.5 Å². The molecule has 0 aliphatic carbocycles. The van der Waals surface area contributed by atoms with Crippen LogP contribution in [0.2, 0.25) is 0 Å². The highest BCUT2D eigenvalue weighted by atomic mass is 32.2. The molecule has 180 valence electrons. The van der Waals surface area contributed by atoms with Crippen molar-refractivity contribution in [2.75, 3.05) is 13.1 Å². The molecule has 8 heteroatoms. The summed E-state index contributed by atoms with van der Waals surface area (Å²) in [5.41, 5.74) is 1.81. The summed E-state index contributed by atoms with van der Waals surface area (Å²) in [7, 11) is -3.51. The first-order valence-electron chi connectivity index (χ1n) is 11.3. The van der Waals surface area contributed by atoms with Crippen LogP contribution in [0.3, 0.4) is 0 Å². The predicted octanol–water partition coefficient (Wildman–Crippen LogP) is 3.11. The molecule has 1 atom stereocenters. The number of carbonyl (C=O) groups excluding carboxylic acids is 2. The highest BCUT2D eigenvalue weighted by Gasteiger charge is 2.26. The molecule has 33 heavy (non-hydrogen) atoms. The third kappa shape index (κ3) is 8.29. The number of carbonyl (C=O) groups is 2. The van der Waals surface area contributed by atoms with E-state index < -0.39 is 16.1 Å². The molecule has 0 radical (unpaired) electrons. The van der Waals surface area contributed by atoms with Gasteiger partial charge in [0.05, 0.1) is 4.90 Å². The van der Waals surface area contributed by atoms with Crippen LogP contribution >= 0.6 is 0 Å². The topological polar surface area (TPSA) is 95.6 Å². The predicted molar refractivity (Wildman–Crippen MR) is 130 cm³/mol. The maximum atomic E-state index is 13.2. The Kier molecular flexibility index (Phi) is 10.1. The van der Waals surface area contributed by atoms with Gasteiger partial charge in [-0.1, -0.05) is 63.2 Å². The number of rotatable bonds is 12. The van der Waals surface area contributed by atoms with Crippen LogP contribution in [0.25, 0.3) is 0 Å². The molecular weight excluding hydrogens is 438 g/mol. The Hall–Kier alpha value is -2.71. The molecule has 7 nitrogen and oxygen atoms in total. The highest BCUT2D eigenvalue weighted by Crippen LogP contribution is 2.15. The number of amides is 2. The van der Waals surface area contributed by atoms with Gasteiger partial charge < -0.3 is 10.2 Å². The van der Waals surface area contributed by atoms with Crippen LogP contribution < -0.4 is 10.0 Å². The molecule has 2 aromatic carbocycles. The number of aryl methyl sites for hydroxylation is 1. The average molecular weight is 474 g/mol. The average Bonchev–Trinajstić information content (AvgIpc) is 2.80. The zero-order valence-corrected chi connectivity index (χ0v) is 20.7. The van der Waals surface area contributed by atoms with Gasteiger partial charge in [-0.3, -0.25) is 9.59 Å². The van der Waals surface area contributed by atoms with E-state index in [1.807, 2.05) is 44.2 Å². The van der Waals surface area contributed by atoms with E-state index in [1.165, 1.54) is 0 Å². The Labute approximate surface area is 197 Å². The van der Waals surface area contributed by atoms with Crippen LogP contribution in [0.5, 0.6) is 0 Å². The summed E-state index contributed by atoms with van der Waals surface area (Å²) in [6.45, 7) is 8.73. The molecule has 2 N–H and O–H groups in total. The molecular formula is C25H35N3O4S. The van der Waals surface area contributed by atoms with E-state index in [9.17, 15) is 18.0 Å². The Balaban J connectivity index is 2.10. The van der Waals surface area contributed by atoms with Crippen molar-refractivity contribution in [3.05, 3.63) is 65.7 Å². The van der Waals surface area contributed by atoms with Crippen molar-refractivity contribution in [1.29, 1.82) is 0 Å². The summed E-state index contributed by atoms with van der Waals surface area (Å²) >= 11 is 0. The second kappa shape index (κ2) is 12.5. The van der Waals surface area contributed by atoms with E-state index >= 15 is 0 Å². The van der Waals surface area contributed by atoms with E-state index in [4.69, 9.17) is 0 Å². The van der Waals surface area contributed by atoms with Crippen LogP contribution in [0, 0.1) is 5.92 Å². The number of benzene rings is 2. The first kappa shape index (κ1) is 26.5. The lowest BCUT2D eigenvalue weighted by Crippen LogP contribution is -2.48. The van der Waals surface area contributed by atoms with Gasteiger partial charge >= 0.3 is 0 Å². The zero-order valence-electron chi connectivity index (χ0n) is 19.9. The lowest BCUT2D eigenvalue weighted by molar-refractivity contribution is -0.140. The largest absolute Gasteiger partial charge is 0.354 e. The molecule has 0 aliphatic rings. The lowest BCUT2D eigenvalue weighted by Gasteiger charge is -2.29. The van der Waals surface area contributed by atoms with Gasteiger partial charge in [0.15, 0.2) is 0 Å². The molecule has 0 saturated heterocycles. The Morgan fingerprint density at radius 2 is 1.58 bits per heavy atom. The first-order chi connectivity index (χ1) is 15.6. The molecule has 0 bridgehead atoms. The number of sulfonamides is 1. The van der Waals surface area contributed by atoms with Crippen LogP contribution in [-0.2, 0) is 32.6 Å². The van der Waals surface area contributed by atoms with Gasteiger partial charge in [-0.2, -0.15) is 0 Å². The van der Waals surface area contributed by atoms with Gasteiger partial charge in [0.1, 0.15) is 6.04 Å². The summed E-state index contributed by atoms with van der Waals surface area (Å²) in [6, 6.07) is 15.5. The molecule has 0 heterocycles. The van der Waals surface area contributed by atoms with Gasteiger partial charge in [0.2, 0.25) is 21.8 Å². The smallest absolute Gasteiger partial charge is 0.242 e. The highest BCUT2D eigenvalue weighted by molar-refractivity contribution is 7.89. The number of hydrogen-bond donors (Lipinski definition) is 2. The first-order valence-corrected chi connectivity index (χ1v) is 12.8. The molecule has 0 saturated carbocycles. The van der Waals surface area contributed by atoms with Crippen molar-refractivity contribution in [3.8, 4) is 0 Å². The lowest BCUT2D eigenvalue weighted by atomic mass is 10.1. The van der Waals surface area contributed by atoms with Gasteiger partial charge in [0.25, 0.3) is 0 Å². The molecule has 0 fully saturated rings. The van der Waals surface area contributed by atoms with E-state index in [0.29, 0.717) is 32.0 Å². The second-order valence-corrected chi connectivity index (χ2v) is 10.2. The van der Waals surface area contributed by atoms with Crippen molar-refractivity contribution in [3.63, 3.8) is 0 Å². The Morgan fingerprint density at radius 1 is 0.939 bits per heavy atom. The normalized spacial score (nSPS) is 12.4. The molecule has 2 rings (SSSR count). The Bertz CT molecular complexity index is 1010. The number of hydrogen-bond acceptors (Lipinski definition) is 4. The second-order valence-electron chi connectivity index (χ2n) is 8.47. The van der Waals surface area contributed by atoms with Crippen molar-refractivity contribution < 1.29 is 18.0 Å². The van der Waals surface area contributed by atoms with Crippen molar-refractivity contribution in [1.82, 2.24) is 14.9 Å².